The highest BCUT2D eigenvalue weighted by Gasteiger charge is 2.37. The van der Waals surface area contributed by atoms with Crippen LogP contribution in [-0.2, 0) is 6.54 Å². The number of hydrogen-bond acceptors (Lipinski definition) is 4. The zero-order valence-electron chi connectivity index (χ0n) is 10.5. The summed E-state index contributed by atoms with van der Waals surface area (Å²) in [5, 5.41) is 15.4. The quantitative estimate of drug-likeness (QED) is 0.933. The molecule has 1 atom stereocenters. The Hall–Kier alpha value is -1.69. The maximum absolute atomic E-state index is 12.3. The van der Waals surface area contributed by atoms with E-state index >= 15 is 0 Å². The van der Waals surface area contributed by atoms with E-state index in [0.717, 1.165) is 4.88 Å². The molecule has 0 aliphatic carbocycles. The summed E-state index contributed by atoms with van der Waals surface area (Å²) >= 11 is 1.64. The number of hydrogen-bond donors (Lipinski definition) is 1. The van der Waals surface area contributed by atoms with Gasteiger partial charge in [0, 0.05) is 23.1 Å². The van der Waals surface area contributed by atoms with Crippen molar-refractivity contribution in [3.8, 4) is 0 Å². The number of thiophene rings is 1. The van der Waals surface area contributed by atoms with Gasteiger partial charge in [-0.05, 0) is 17.5 Å². The van der Waals surface area contributed by atoms with E-state index in [2.05, 4.69) is 0 Å². The van der Waals surface area contributed by atoms with E-state index in [0.29, 0.717) is 17.7 Å². The summed E-state index contributed by atoms with van der Waals surface area (Å²) in [4.78, 5) is 13.5. The average molecular weight is 274 g/mol. The van der Waals surface area contributed by atoms with Crippen LogP contribution in [0.5, 0.6) is 0 Å². The Morgan fingerprint density at radius 1 is 1.32 bits per heavy atom. The molecular weight excluding hydrogens is 260 g/mol. The Balaban J connectivity index is 1.85. The summed E-state index contributed by atoms with van der Waals surface area (Å²) < 4.78 is 0. The predicted molar refractivity (Wildman–Crippen MR) is 73.4 cm³/mol. The summed E-state index contributed by atoms with van der Waals surface area (Å²) in [6.45, 7) is 0.606. The molecule has 1 N–H and O–H groups in total. The highest BCUT2D eigenvalue weighted by molar-refractivity contribution is 7.09. The molecule has 1 aliphatic heterocycles. The van der Waals surface area contributed by atoms with E-state index in [9.17, 15) is 9.90 Å². The molecule has 4 nitrogen and oxygen atoms in total. The van der Waals surface area contributed by atoms with Gasteiger partial charge >= 0.3 is 0 Å². The summed E-state index contributed by atoms with van der Waals surface area (Å²) in [6.07, 6.45) is -0.895. The van der Waals surface area contributed by atoms with Crippen LogP contribution in [0, 0.1) is 0 Å². The van der Waals surface area contributed by atoms with Crippen molar-refractivity contribution in [3.63, 3.8) is 0 Å². The number of nitrogens with zero attached hydrogens (tertiary/aromatic N) is 2. The lowest BCUT2D eigenvalue weighted by Crippen LogP contribution is -2.41. The van der Waals surface area contributed by atoms with E-state index in [1.165, 1.54) is 5.01 Å². The largest absolute Gasteiger partial charge is 0.368 e. The molecule has 0 radical (unpaired) electrons. The Bertz CT molecular complexity index is 597. The fraction of sp³-hybridized carbons (Fsp3) is 0.214. The molecular formula is C14H14N2O2S. The molecule has 1 amide bonds. The first-order valence-corrected chi connectivity index (χ1v) is 6.90. The van der Waals surface area contributed by atoms with Crippen molar-refractivity contribution < 1.29 is 9.90 Å². The van der Waals surface area contributed by atoms with Gasteiger partial charge in [-0.2, -0.15) is 0 Å². The first kappa shape index (κ1) is 12.3. The minimum Gasteiger partial charge on any atom is -0.368 e. The van der Waals surface area contributed by atoms with Gasteiger partial charge in [0.1, 0.15) is 0 Å². The molecule has 0 saturated carbocycles. The third-order valence-electron chi connectivity index (χ3n) is 3.24. The second-order valence-electron chi connectivity index (χ2n) is 4.51. The maximum Gasteiger partial charge on any atom is 0.271 e. The van der Waals surface area contributed by atoms with Crippen LogP contribution in [-0.4, -0.2) is 28.1 Å². The van der Waals surface area contributed by atoms with Crippen LogP contribution in [0.1, 0.15) is 27.0 Å². The molecule has 0 spiro atoms. The summed E-state index contributed by atoms with van der Waals surface area (Å²) in [6, 6.07) is 11.2. The van der Waals surface area contributed by atoms with Crippen molar-refractivity contribution >= 4 is 17.2 Å². The molecule has 98 valence electrons. The smallest absolute Gasteiger partial charge is 0.271 e. The summed E-state index contributed by atoms with van der Waals surface area (Å²) in [5.74, 6) is -0.151. The monoisotopic (exact) mass is 274 g/mol. The third-order valence-corrected chi connectivity index (χ3v) is 4.10. The van der Waals surface area contributed by atoms with Crippen molar-refractivity contribution in [2.45, 2.75) is 12.8 Å². The van der Waals surface area contributed by atoms with Crippen LogP contribution in [0.2, 0.25) is 0 Å². The Morgan fingerprint density at radius 3 is 2.79 bits per heavy atom. The van der Waals surface area contributed by atoms with Crippen molar-refractivity contribution in [1.82, 2.24) is 10.0 Å². The number of rotatable bonds is 3. The lowest BCUT2D eigenvalue weighted by atomic mass is 10.1. The van der Waals surface area contributed by atoms with Gasteiger partial charge in [0.2, 0.25) is 0 Å². The molecule has 1 unspecified atom stereocenters. The number of benzene rings is 1. The standard InChI is InChI=1S/C14H14N2O2S/c1-15(9-10-5-4-8-19-10)16-13(17)11-6-2-3-7-12(11)14(16)18/h2-8,13,17H,9H2,1H3. The highest BCUT2D eigenvalue weighted by atomic mass is 32.1. The predicted octanol–water partition coefficient (Wildman–Crippen LogP) is 2.24. The number of carbonyl (C=O) groups excluding carboxylic acids is 1. The second kappa shape index (κ2) is 4.77. The number of aliphatic hydroxyl groups is 1. The van der Waals surface area contributed by atoms with Gasteiger partial charge in [-0.1, -0.05) is 24.3 Å². The van der Waals surface area contributed by atoms with Crippen LogP contribution in [0.4, 0.5) is 0 Å². The van der Waals surface area contributed by atoms with Gasteiger partial charge in [0.25, 0.3) is 5.91 Å². The number of fused-ring (bicyclic) bond motifs is 1. The second-order valence-corrected chi connectivity index (χ2v) is 5.54. The van der Waals surface area contributed by atoms with E-state index < -0.39 is 6.23 Å². The lowest BCUT2D eigenvalue weighted by Gasteiger charge is -2.30. The Labute approximate surface area is 115 Å². The van der Waals surface area contributed by atoms with E-state index in [1.807, 2.05) is 36.7 Å². The van der Waals surface area contributed by atoms with E-state index in [4.69, 9.17) is 0 Å². The van der Waals surface area contributed by atoms with Gasteiger partial charge < -0.3 is 5.11 Å². The molecule has 2 heterocycles. The lowest BCUT2D eigenvalue weighted by molar-refractivity contribution is -0.0936. The fourth-order valence-corrected chi connectivity index (χ4v) is 3.08. The Morgan fingerprint density at radius 2 is 2.11 bits per heavy atom. The topological polar surface area (TPSA) is 43.8 Å². The minimum absolute atomic E-state index is 0.151. The first-order chi connectivity index (χ1) is 9.18. The van der Waals surface area contributed by atoms with Gasteiger partial charge in [-0.25, -0.2) is 10.0 Å². The first-order valence-electron chi connectivity index (χ1n) is 6.02. The van der Waals surface area contributed by atoms with Gasteiger partial charge in [-0.15, -0.1) is 11.3 Å². The molecule has 3 rings (SSSR count). The molecule has 0 bridgehead atoms. The van der Waals surface area contributed by atoms with Crippen LogP contribution >= 0.6 is 11.3 Å². The molecule has 0 saturated heterocycles. The molecule has 1 aliphatic rings. The van der Waals surface area contributed by atoms with Crippen molar-refractivity contribution in [2.75, 3.05) is 7.05 Å². The zero-order valence-corrected chi connectivity index (χ0v) is 11.3. The number of hydrazine groups is 1. The number of aliphatic hydroxyl groups excluding tert-OH is 1. The molecule has 2 aromatic rings. The van der Waals surface area contributed by atoms with Crippen molar-refractivity contribution in [1.29, 1.82) is 0 Å². The average Bonchev–Trinajstić information content (AvgIpc) is 2.99. The van der Waals surface area contributed by atoms with Crippen LogP contribution in [0.25, 0.3) is 0 Å². The normalized spacial score (nSPS) is 18.2. The number of carbonyl (C=O) groups is 1. The molecule has 0 fully saturated rings. The van der Waals surface area contributed by atoms with Crippen LogP contribution < -0.4 is 0 Å². The summed E-state index contributed by atoms with van der Waals surface area (Å²) in [7, 11) is 1.81. The molecule has 1 aromatic heterocycles. The fourth-order valence-electron chi connectivity index (χ4n) is 2.33. The van der Waals surface area contributed by atoms with Crippen LogP contribution in [0.15, 0.2) is 41.8 Å². The van der Waals surface area contributed by atoms with E-state index in [-0.39, 0.29) is 5.91 Å². The van der Waals surface area contributed by atoms with Gasteiger partial charge in [0.15, 0.2) is 6.23 Å². The van der Waals surface area contributed by atoms with Gasteiger partial charge in [0.05, 0.1) is 6.54 Å². The van der Waals surface area contributed by atoms with Crippen LogP contribution in [0.3, 0.4) is 0 Å². The Kier molecular flexibility index (Phi) is 3.10. The summed E-state index contributed by atoms with van der Waals surface area (Å²) in [5.41, 5.74) is 1.25. The van der Waals surface area contributed by atoms with Crippen molar-refractivity contribution in [3.05, 3.63) is 57.8 Å². The SMILES string of the molecule is CN(Cc1cccs1)N1C(=O)c2ccccc2C1O. The highest BCUT2D eigenvalue weighted by Crippen LogP contribution is 2.32. The molecule has 19 heavy (non-hydrogen) atoms. The minimum atomic E-state index is -0.895. The van der Waals surface area contributed by atoms with E-state index in [1.54, 1.807) is 28.5 Å². The third kappa shape index (κ3) is 2.06. The van der Waals surface area contributed by atoms with Crippen molar-refractivity contribution in [2.24, 2.45) is 0 Å². The number of amides is 1. The van der Waals surface area contributed by atoms with Gasteiger partial charge in [-0.3, -0.25) is 4.79 Å². The zero-order chi connectivity index (χ0) is 13.4. The molecule has 5 heteroatoms. The molecule has 1 aromatic carbocycles. The maximum atomic E-state index is 12.3.